The van der Waals surface area contributed by atoms with E-state index in [1.54, 1.807) is 0 Å². The van der Waals surface area contributed by atoms with Crippen molar-refractivity contribution < 1.29 is 14.3 Å². The smallest absolute Gasteiger partial charge is 0.323 e. The number of ether oxygens (including phenoxy) is 1. The molecule has 1 fully saturated rings. The van der Waals surface area contributed by atoms with Gasteiger partial charge in [0.15, 0.2) is 0 Å². The molecule has 1 saturated heterocycles. The summed E-state index contributed by atoms with van der Waals surface area (Å²) in [6.45, 7) is 10.8. The molecule has 0 aromatic rings. The average Bonchev–Trinajstić information content (AvgIpc) is 2.82. The lowest BCUT2D eigenvalue weighted by Gasteiger charge is -2.27. The predicted molar refractivity (Wildman–Crippen MR) is 83.0 cm³/mol. The Morgan fingerprint density at radius 3 is 2.43 bits per heavy atom. The highest BCUT2D eigenvalue weighted by molar-refractivity contribution is 5.81. The van der Waals surface area contributed by atoms with Crippen molar-refractivity contribution in [2.24, 2.45) is 0 Å². The normalized spacial score (nSPS) is 19.8. The molecule has 1 N–H and O–H groups in total. The molecule has 0 bridgehead atoms. The van der Waals surface area contributed by atoms with Crippen LogP contribution in [0.15, 0.2) is 0 Å². The van der Waals surface area contributed by atoms with Crippen LogP contribution in [0.2, 0.25) is 0 Å². The number of nitrogens with one attached hydrogen (secondary N) is 1. The van der Waals surface area contributed by atoms with E-state index in [-0.39, 0.29) is 30.5 Å². The molecule has 0 aliphatic carbocycles. The Hall–Kier alpha value is -1.10. The van der Waals surface area contributed by atoms with Crippen molar-refractivity contribution in [3.8, 4) is 0 Å². The lowest BCUT2D eigenvalue weighted by molar-refractivity contribution is -0.160. The third kappa shape index (κ3) is 6.04. The zero-order valence-electron chi connectivity index (χ0n) is 14.1. The molecule has 1 amide bonds. The molecule has 1 heterocycles. The largest absolute Gasteiger partial charge is 0.459 e. The summed E-state index contributed by atoms with van der Waals surface area (Å²) in [5.41, 5.74) is -0.483. The van der Waals surface area contributed by atoms with Crippen molar-refractivity contribution in [1.29, 1.82) is 0 Å². The van der Waals surface area contributed by atoms with Crippen LogP contribution in [0.4, 0.5) is 0 Å². The Morgan fingerprint density at radius 2 is 1.90 bits per heavy atom. The molecule has 0 saturated carbocycles. The SMILES string of the molecule is CCC(CC)NC(=O)CN1CCC[C@H]1C(=O)OC(C)(C)C. The minimum Gasteiger partial charge on any atom is -0.459 e. The summed E-state index contributed by atoms with van der Waals surface area (Å²) < 4.78 is 5.44. The second-order valence-corrected chi connectivity index (χ2v) is 6.74. The zero-order valence-corrected chi connectivity index (χ0v) is 14.1. The number of carbonyl (C=O) groups excluding carboxylic acids is 2. The molecule has 1 atom stereocenters. The molecule has 5 heteroatoms. The number of nitrogens with zero attached hydrogens (tertiary/aromatic N) is 1. The van der Waals surface area contributed by atoms with Crippen molar-refractivity contribution in [3.63, 3.8) is 0 Å². The van der Waals surface area contributed by atoms with Gasteiger partial charge >= 0.3 is 5.97 Å². The van der Waals surface area contributed by atoms with Crippen molar-refractivity contribution >= 4 is 11.9 Å². The number of hydrogen-bond donors (Lipinski definition) is 1. The summed E-state index contributed by atoms with van der Waals surface area (Å²) in [5.74, 6) is -0.213. The van der Waals surface area contributed by atoms with E-state index in [0.29, 0.717) is 0 Å². The minimum atomic E-state index is -0.483. The minimum absolute atomic E-state index is 0.000779. The third-order valence-corrected chi connectivity index (χ3v) is 3.74. The van der Waals surface area contributed by atoms with Gasteiger partial charge in [0.2, 0.25) is 5.91 Å². The van der Waals surface area contributed by atoms with Crippen LogP contribution >= 0.6 is 0 Å². The van der Waals surface area contributed by atoms with Gasteiger partial charge in [-0.25, -0.2) is 0 Å². The Morgan fingerprint density at radius 1 is 1.29 bits per heavy atom. The maximum absolute atomic E-state index is 12.2. The fourth-order valence-electron chi connectivity index (χ4n) is 2.60. The molecule has 0 spiro atoms. The fourth-order valence-corrected chi connectivity index (χ4v) is 2.60. The van der Waals surface area contributed by atoms with E-state index >= 15 is 0 Å². The van der Waals surface area contributed by atoms with Crippen molar-refractivity contribution in [3.05, 3.63) is 0 Å². The molecule has 5 nitrogen and oxygen atoms in total. The first-order valence-corrected chi connectivity index (χ1v) is 8.03. The summed E-state index contributed by atoms with van der Waals surface area (Å²) in [4.78, 5) is 26.2. The lowest BCUT2D eigenvalue weighted by Crippen LogP contribution is -2.46. The van der Waals surface area contributed by atoms with Crippen LogP contribution < -0.4 is 5.32 Å². The predicted octanol–water partition coefficient (Wildman–Crippen LogP) is 2.10. The number of amides is 1. The highest BCUT2D eigenvalue weighted by atomic mass is 16.6. The van der Waals surface area contributed by atoms with Gasteiger partial charge in [0.1, 0.15) is 11.6 Å². The lowest BCUT2D eigenvalue weighted by atomic mass is 10.1. The topological polar surface area (TPSA) is 58.6 Å². The second kappa shape index (κ2) is 7.78. The van der Waals surface area contributed by atoms with Crippen LogP contribution in [0, 0.1) is 0 Å². The van der Waals surface area contributed by atoms with Gasteiger partial charge in [-0.3, -0.25) is 14.5 Å². The molecule has 0 aromatic heterocycles. The molecule has 1 rings (SSSR count). The highest BCUT2D eigenvalue weighted by Crippen LogP contribution is 2.20. The number of rotatable bonds is 6. The van der Waals surface area contributed by atoms with Gasteiger partial charge in [0, 0.05) is 6.04 Å². The number of esters is 1. The van der Waals surface area contributed by atoms with E-state index < -0.39 is 5.60 Å². The molecular weight excluding hydrogens is 268 g/mol. The van der Waals surface area contributed by atoms with Crippen LogP contribution in [0.1, 0.15) is 60.3 Å². The van der Waals surface area contributed by atoms with E-state index in [2.05, 4.69) is 19.2 Å². The van der Waals surface area contributed by atoms with Gasteiger partial charge in [-0.2, -0.15) is 0 Å². The Kier molecular flexibility index (Phi) is 6.65. The van der Waals surface area contributed by atoms with Gasteiger partial charge in [-0.15, -0.1) is 0 Å². The first-order chi connectivity index (χ1) is 9.76. The maximum Gasteiger partial charge on any atom is 0.323 e. The monoisotopic (exact) mass is 298 g/mol. The van der Waals surface area contributed by atoms with Crippen LogP contribution in [0.5, 0.6) is 0 Å². The average molecular weight is 298 g/mol. The summed E-state index contributed by atoms with van der Waals surface area (Å²) in [6.07, 6.45) is 3.56. The van der Waals surface area contributed by atoms with Crippen LogP contribution in [-0.4, -0.2) is 47.6 Å². The van der Waals surface area contributed by atoms with E-state index in [1.807, 2.05) is 25.7 Å². The number of hydrogen-bond acceptors (Lipinski definition) is 4. The fraction of sp³-hybridized carbons (Fsp3) is 0.875. The highest BCUT2D eigenvalue weighted by Gasteiger charge is 2.35. The van der Waals surface area contributed by atoms with Gasteiger partial charge in [-0.1, -0.05) is 13.8 Å². The van der Waals surface area contributed by atoms with E-state index in [0.717, 1.165) is 32.2 Å². The third-order valence-electron chi connectivity index (χ3n) is 3.74. The zero-order chi connectivity index (χ0) is 16.0. The first kappa shape index (κ1) is 18.0. The van der Waals surface area contributed by atoms with E-state index in [4.69, 9.17) is 4.74 Å². The molecular formula is C16H30N2O3. The number of likely N-dealkylation sites (tertiary alicyclic amines) is 1. The first-order valence-electron chi connectivity index (χ1n) is 8.03. The summed E-state index contributed by atoms with van der Waals surface area (Å²) in [5, 5.41) is 3.02. The Balaban J connectivity index is 2.53. The van der Waals surface area contributed by atoms with E-state index in [1.165, 1.54) is 0 Å². The van der Waals surface area contributed by atoms with Crippen molar-refractivity contribution in [2.45, 2.75) is 78.0 Å². The molecule has 21 heavy (non-hydrogen) atoms. The molecule has 0 radical (unpaired) electrons. The van der Waals surface area contributed by atoms with Crippen LogP contribution in [0.25, 0.3) is 0 Å². The summed E-state index contributed by atoms with van der Waals surface area (Å²) in [7, 11) is 0. The van der Waals surface area contributed by atoms with Gasteiger partial charge in [0.05, 0.1) is 6.54 Å². The molecule has 1 aliphatic heterocycles. The summed E-state index contributed by atoms with van der Waals surface area (Å²) >= 11 is 0. The molecule has 1 aliphatic rings. The van der Waals surface area contributed by atoms with E-state index in [9.17, 15) is 9.59 Å². The van der Waals surface area contributed by atoms with Gasteiger partial charge < -0.3 is 10.1 Å². The molecule has 0 aromatic carbocycles. The maximum atomic E-state index is 12.2. The molecule has 122 valence electrons. The van der Waals surface area contributed by atoms with Crippen LogP contribution in [0.3, 0.4) is 0 Å². The molecule has 0 unspecified atom stereocenters. The van der Waals surface area contributed by atoms with Crippen molar-refractivity contribution in [2.75, 3.05) is 13.1 Å². The summed E-state index contributed by atoms with van der Waals surface area (Å²) in [6, 6.07) is -0.0586. The van der Waals surface area contributed by atoms with Crippen molar-refractivity contribution in [1.82, 2.24) is 10.2 Å². The second-order valence-electron chi connectivity index (χ2n) is 6.74. The Labute approximate surface area is 128 Å². The van der Waals surface area contributed by atoms with Crippen LogP contribution in [-0.2, 0) is 14.3 Å². The Bertz CT molecular complexity index is 359. The van der Waals surface area contributed by atoms with Gasteiger partial charge in [-0.05, 0) is 53.0 Å². The van der Waals surface area contributed by atoms with Gasteiger partial charge in [0.25, 0.3) is 0 Å². The number of carbonyl (C=O) groups is 2. The standard InChI is InChI=1S/C16H30N2O3/c1-6-12(7-2)17-14(19)11-18-10-8-9-13(18)15(20)21-16(3,4)5/h12-13H,6-11H2,1-5H3,(H,17,19)/t13-/m0/s1. The quantitative estimate of drug-likeness (QED) is 0.763.